The molecule has 0 atom stereocenters. The quantitative estimate of drug-likeness (QED) is 0.782. The second kappa shape index (κ2) is 7.64. The molecule has 0 spiro atoms. The highest BCUT2D eigenvalue weighted by molar-refractivity contribution is 5.42. The maximum Gasteiger partial charge on any atom is 0.140 e. The van der Waals surface area contributed by atoms with E-state index in [1.807, 2.05) is 12.1 Å². The molecule has 0 aromatic carbocycles. The van der Waals surface area contributed by atoms with Gasteiger partial charge in [-0.1, -0.05) is 13.8 Å². The molecule has 0 unspecified atom stereocenters. The van der Waals surface area contributed by atoms with E-state index in [4.69, 9.17) is 5.26 Å². The van der Waals surface area contributed by atoms with E-state index in [0.717, 1.165) is 31.9 Å². The first kappa shape index (κ1) is 13.5. The van der Waals surface area contributed by atoms with Crippen molar-refractivity contribution in [3.05, 3.63) is 24.0 Å². The number of aromatic nitrogens is 1. The summed E-state index contributed by atoms with van der Waals surface area (Å²) in [6.45, 7) is 8.54. The number of hydrogen-bond donors (Lipinski definition) is 1. The third-order valence-corrected chi connectivity index (χ3v) is 2.62. The minimum Gasteiger partial charge on any atom is -0.383 e. The van der Waals surface area contributed by atoms with E-state index < -0.39 is 0 Å². The first-order chi connectivity index (χ1) is 8.30. The Hall–Kier alpha value is -1.60. The monoisotopic (exact) mass is 232 g/mol. The van der Waals surface area contributed by atoms with Crippen LogP contribution in [0.3, 0.4) is 0 Å². The molecule has 0 amide bonds. The molecule has 1 heterocycles. The molecule has 0 radical (unpaired) electrons. The number of hydrogen-bond acceptors (Lipinski definition) is 4. The van der Waals surface area contributed by atoms with Crippen molar-refractivity contribution in [2.24, 2.45) is 0 Å². The molecule has 4 nitrogen and oxygen atoms in total. The molecule has 1 rings (SSSR count). The fourth-order valence-corrected chi connectivity index (χ4v) is 1.67. The molecule has 17 heavy (non-hydrogen) atoms. The lowest BCUT2D eigenvalue weighted by Gasteiger charge is -2.19. The zero-order valence-electron chi connectivity index (χ0n) is 10.6. The Morgan fingerprint density at radius 2 is 2.18 bits per heavy atom. The van der Waals surface area contributed by atoms with Gasteiger partial charge in [0.25, 0.3) is 0 Å². The van der Waals surface area contributed by atoms with Crippen molar-refractivity contribution in [3.63, 3.8) is 0 Å². The maximum atomic E-state index is 8.63. The van der Waals surface area contributed by atoms with E-state index in [1.54, 1.807) is 12.3 Å². The van der Waals surface area contributed by atoms with Crippen molar-refractivity contribution >= 4 is 5.69 Å². The first-order valence-electron chi connectivity index (χ1n) is 6.12. The lowest BCUT2D eigenvalue weighted by molar-refractivity contribution is 0.300. The van der Waals surface area contributed by atoms with Gasteiger partial charge in [-0.2, -0.15) is 5.26 Å². The first-order valence-corrected chi connectivity index (χ1v) is 6.12. The maximum absolute atomic E-state index is 8.63. The molecule has 0 saturated heterocycles. The molecule has 0 aliphatic heterocycles. The average molecular weight is 232 g/mol. The molecular weight excluding hydrogens is 212 g/mol. The van der Waals surface area contributed by atoms with Crippen molar-refractivity contribution in [1.82, 2.24) is 9.88 Å². The summed E-state index contributed by atoms with van der Waals surface area (Å²) in [5, 5.41) is 11.9. The summed E-state index contributed by atoms with van der Waals surface area (Å²) in [4.78, 5) is 6.42. The normalized spacial score (nSPS) is 10.2. The van der Waals surface area contributed by atoms with Crippen molar-refractivity contribution < 1.29 is 0 Å². The van der Waals surface area contributed by atoms with E-state index in [0.29, 0.717) is 5.69 Å². The minimum absolute atomic E-state index is 0.455. The highest BCUT2D eigenvalue weighted by atomic mass is 15.1. The van der Waals surface area contributed by atoms with Gasteiger partial charge in [0.15, 0.2) is 0 Å². The molecule has 0 fully saturated rings. The van der Waals surface area contributed by atoms with Crippen molar-refractivity contribution in [1.29, 1.82) is 5.26 Å². The number of nitrogens with one attached hydrogen (secondary N) is 1. The fraction of sp³-hybridized carbons (Fsp3) is 0.538. The highest BCUT2D eigenvalue weighted by Crippen LogP contribution is 2.04. The molecule has 92 valence electrons. The predicted octanol–water partition coefficient (Wildman–Crippen LogP) is 2.10. The van der Waals surface area contributed by atoms with Gasteiger partial charge in [-0.25, -0.2) is 4.98 Å². The molecule has 1 aromatic heterocycles. The van der Waals surface area contributed by atoms with E-state index in [-0.39, 0.29) is 0 Å². The number of rotatable bonds is 7. The number of anilines is 1. The molecule has 4 heteroatoms. The van der Waals surface area contributed by atoms with Gasteiger partial charge < -0.3 is 10.2 Å². The summed E-state index contributed by atoms with van der Waals surface area (Å²) in [6.07, 6.45) is 2.89. The third kappa shape index (κ3) is 4.83. The van der Waals surface area contributed by atoms with Gasteiger partial charge >= 0.3 is 0 Å². The van der Waals surface area contributed by atoms with Crippen LogP contribution < -0.4 is 5.32 Å². The number of pyridine rings is 1. The van der Waals surface area contributed by atoms with E-state index in [9.17, 15) is 0 Å². The molecule has 0 aliphatic carbocycles. The van der Waals surface area contributed by atoms with E-state index >= 15 is 0 Å². The summed E-state index contributed by atoms with van der Waals surface area (Å²) in [5.41, 5.74) is 1.42. The third-order valence-electron chi connectivity index (χ3n) is 2.62. The van der Waals surface area contributed by atoms with Crippen molar-refractivity contribution in [2.75, 3.05) is 31.5 Å². The molecule has 1 N–H and O–H groups in total. The number of nitriles is 1. The van der Waals surface area contributed by atoms with Gasteiger partial charge in [-0.15, -0.1) is 0 Å². The van der Waals surface area contributed by atoms with Gasteiger partial charge in [-0.05, 0) is 31.6 Å². The lowest BCUT2D eigenvalue weighted by Crippen LogP contribution is -2.29. The Morgan fingerprint density at radius 3 is 2.71 bits per heavy atom. The zero-order chi connectivity index (χ0) is 12.5. The zero-order valence-corrected chi connectivity index (χ0v) is 10.6. The summed E-state index contributed by atoms with van der Waals surface area (Å²) < 4.78 is 0. The number of likely N-dealkylation sites (N-methyl/N-ethyl adjacent to an activating group) is 1. The molecular formula is C13H20N4. The number of nitrogens with zero attached hydrogens (tertiary/aromatic N) is 3. The van der Waals surface area contributed by atoms with E-state index in [1.165, 1.54) is 6.42 Å². The van der Waals surface area contributed by atoms with Gasteiger partial charge in [0, 0.05) is 13.1 Å². The molecule has 0 bridgehead atoms. The van der Waals surface area contributed by atoms with Crippen LogP contribution in [0.25, 0.3) is 0 Å². The second-order valence-electron chi connectivity index (χ2n) is 3.90. The Kier molecular flexibility index (Phi) is 6.05. The summed E-state index contributed by atoms with van der Waals surface area (Å²) in [5.74, 6) is 0. The lowest BCUT2D eigenvalue weighted by atomic mass is 10.3. The van der Waals surface area contributed by atoms with Crippen molar-refractivity contribution in [2.45, 2.75) is 20.3 Å². The van der Waals surface area contributed by atoms with Crippen LogP contribution in [0.2, 0.25) is 0 Å². The van der Waals surface area contributed by atoms with Crippen LogP contribution in [0.5, 0.6) is 0 Å². The van der Waals surface area contributed by atoms with Crippen LogP contribution in [0.1, 0.15) is 26.0 Å². The van der Waals surface area contributed by atoms with Crippen LogP contribution in [0, 0.1) is 11.3 Å². The molecule has 1 aromatic rings. The Labute approximate surface area is 103 Å². The fourth-order valence-electron chi connectivity index (χ4n) is 1.67. The standard InChI is InChI=1S/C13H20N4/c1-3-8-17(4-2)9-7-15-13-6-5-12(10-14)16-11-13/h5-6,11,15H,3-4,7-9H2,1-2H3. The van der Waals surface area contributed by atoms with Gasteiger partial charge in [0.05, 0.1) is 11.9 Å². The van der Waals surface area contributed by atoms with Gasteiger partial charge in [0.1, 0.15) is 11.8 Å². The largest absolute Gasteiger partial charge is 0.383 e. The molecule has 0 aliphatic rings. The van der Waals surface area contributed by atoms with Crippen molar-refractivity contribution in [3.8, 4) is 6.07 Å². The van der Waals surface area contributed by atoms with Crippen LogP contribution >= 0.6 is 0 Å². The van der Waals surface area contributed by atoms with Crippen LogP contribution in [0.4, 0.5) is 5.69 Å². The summed E-state index contributed by atoms with van der Waals surface area (Å²) in [6, 6.07) is 5.63. The Bertz CT molecular complexity index is 353. The van der Waals surface area contributed by atoms with Crippen LogP contribution in [-0.2, 0) is 0 Å². The summed E-state index contributed by atoms with van der Waals surface area (Å²) in [7, 11) is 0. The average Bonchev–Trinajstić information content (AvgIpc) is 2.38. The van der Waals surface area contributed by atoms with Gasteiger partial charge in [-0.3, -0.25) is 0 Å². The smallest absolute Gasteiger partial charge is 0.140 e. The topological polar surface area (TPSA) is 52.0 Å². The van der Waals surface area contributed by atoms with Crippen LogP contribution in [-0.4, -0.2) is 36.1 Å². The van der Waals surface area contributed by atoms with Crippen LogP contribution in [0.15, 0.2) is 18.3 Å². The summed E-state index contributed by atoms with van der Waals surface area (Å²) >= 11 is 0. The Morgan fingerprint density at radius 1 is 1.35 bits per heavy atom. The molecule has 0 saturated carbocycles. The van der Waals surface area contributed by atoms with Gasteiger partial charge in [0.2, 0.25) is 0 Å². The minimum atomic E-state index is 0.455. The Balaban J connectivity index is 2.32. The highest BCUT2D eigenvalue weighted by Gasteiger charge is 2.00. The predicted molar refractivity (Wildman–Crippen MR) is 69.8 cm³/mol. The SMILES string of the molecule is CCCN(CC)CCNc1ccc(C#N)nc1. The van der Waals surface area contributed by atoms with E-state index in [2.05, 4.69) is 29.0 Å². The second-order valence-corrected chi connectivity index (χ2v) is 3.90.